The monoisotopic (exact) mass is 408 g/mol. The van der Waals surface area contributed by atoms with Crippen molar-refractivity contribution in [2.24, 2.45) is 0 Å². The SMILES string of the molecule is O=C(COc1ccc2oc3c(c2c1)CCCC3)N1CCN(C(=O)c2ccco2)CC1. The summed E-state index contributed by atoms with van der Waals surface area (Å²) in [4.78, 5) is 28.4. The predicted octanol–water partition coefficient (Wildman–Crippen LogP) is 3.27. The molecular formula is C23H24N2O5. The molecule has 30 heavy (non-hydrogen) atoms. The highest BCUT2D eigenvalue weighted by Crippen LogP contribution is 2.33. The molecule has 2 aliphatic rings. The molecule has 1 fully saturated rings. The third kappa shape index (κ3) is 3.56. The zero-order valence-electron chi connectivity index (χ0n) is 16.8. The van der Waals surface area contributed by atoms with Gasteiger partial charge in [-0.1, -0.05) is 0 Å². The van der Waals surface area contributed by atoms with Gasteiger partial charge in [0.2, 0.25) is 0 Å². The number of fused-ring (bicyclic) bond motifs is 3. The second kappa shape index (κ2) is 7.89. The van der Waals surface area contributed by atoms with Gasteiger partial charge in [0, 0.05) is 43.5 Å². The summed E-state index contributed by atoms with van der Waals surface area (Å²) in [7, 11) is 0. The highest BCUT2D eigenvalue weighted by Gasteiger charge is 2.26. The van der Waals surface area contributed by atoms with Gasteiger partial charge >= 0.3 is 0 Å². The summed E-state index contributed by atoms with van der Waals surface area (Å²) in [5, 5.41) is 1.10. The molecule has 0 spiro atoms. The van der Waals surface area contributed by atoms with E-state index in [-0.39, 0.29) is 18.4 Å². The van der Waals surface area contributed by atoms with Gasteiger partial charge in [-0.15, -0.1) is 0 Å². The van der Waals surface area contributed by atoms with E-state index in [9.17, 15) is 9.59 Å². The normalized spacial score (nSPS) is 16.5. The van der Waals surface area contributed by atoms with E-state index >= 15 is 0 Å². The lowest BCUT2D eigenvalue weighted by Crippen LogP contribution is -2.51. The van der Waals surface area contributed by atoms with Crippen LogP contribution in [-0.2, 0) is 17.6 Å². The van der Waals surface area contributed by atoms with Crippen molar-refractivity contribution in [3.63, 3.8) is 0 Å². The van der Waals surface area contributed by atoms with Crippen LogP contribution in [0.15, 0.2) is 45.4 Å². The maximum atomic E-state index is 12.6. The molecule has 3 aromatic rings. The Morgan fingerprint density at radius 3 is 2.60 bits per heavy atom. The van der Waals surface area contributed by atoms with E-state index in [1.54, 1.807) is 21.9 Å². The number of amides is 2. The standard InChI is InChI=1S/C23H24N2O5/c26-22(24-9-11-25(12-10-24)23(27)21-6-3-13-28-21)15-29-16-7-8-20-18(14-16)17-4-1-2-5-19(17)30-20/h3,6-8,13-14H,1-2,4-5,9-12,15H2. The first-order valence-corrected chi connectivity index (χ1v) is 10.5. The van der Waals surface area contributed by atoms with Crippen molar-refractivity contribution in [1.82, 2.24) is 9.80 Å². The van der Waals surface area contributed by atoms with Gasteiger partial charge in [0.15, 0.2) is 12.4 Å². The van der Waals surface area contributed by atoms with E-state index in [1.807, 2.05) is 18.2 Å². The molecule has 1 aliphatic heterocycles. The number of hydrogen-bond acceptors (Lipinski definition) is 5. The van der Waals surface area contributed by atoms with Crippen LogP contribution in [0.3, 0.4) is 0 Å². The Morgan fingerprint density at radius 1 is 1.00 bits per heavy atom. The van der Waals surface area contributed by atoms with Crippen LogP contribution in [0, 0.1) is 0 Å². The van der Waals surface area contributed by atoms with Gasteiger partial charge in [-0.25, -0.2) is 0 Å². The van der Waals surface area contributed by atoms with E-state index in [4.69, 9.17) is 13.6 Å². The number of aryl methyl sites for hydroxylation is 2. The Hall–Kier alpha value is -3.22. The van der Waals surface area contributed by atoms with E-state index in [1.165, 1.54) is 24.7 Å². The van der Waals surface area contributed by atoms with Crippen molar-refractivity contribution in [2.75, 3.05) is 32.8 Å². The molecule has 7 heteroatoms. The Balaban J connectivity index is 1.17. The van der Waals surface area contributed by atoms with E-state index < -0.39 is 0 Å². The summed E-state index contributed by atoms with van der Waals surface area (Å²) in [5.41, 5.74) is 2.17. The second-order valence-electron chi connectivity index (χ2n) is 7.81. The van der Waals surface area contributed by atoms with E-state index in [2.05, 4.69) is 0 Å². The molecule has 0 radical (unpaired) electrons. The van der Waals surface area contributed by atoms with Crippen LogP contribution in [-0.4, -0.2) is 54.4 Å². The molecule has 0 unspecified atom stereocenters. The molecule has 0 N–H and O–H groups in total. The summed E-state index contributed by atoms with van der Waals surface area (Å²) >= 11 is 0. The fourth-order valence-electron chi connectivity index (χ4n) is 4.28. The van der Waals surface area contributed by atoms with Gasteiger partial charge < -0.3 is 23.4 Å². The lowest BCUT2D eigenvalue weighted by molar-refractivity contribution is -0.134. The second-order valence-corrected chi connectivity index (χ2v) is 7.81. The molecule has 156 valence electrons. The maximum Gasteiger partial charge on any atom is 0.289 e. The molecule has 1 aromatic carbocycles. The van der Waals surface area contributed by atoms with Crippen LogP contribution in [0.1, 0.15) is 34.7 Å². The van der Waals surface area contributed by atoms with Crippen molar-refractivity contribution in [2.45, 2.75) is 25.7 Å². The van der Waals surface area contributed by atoms with E-state index in [0.717, 1.165) is 29.6 Å². The quantitative estimate of drug-likeness (QED) is 0.662. The molecule has 7 nitrogen and oxygen atoms in total. The zero-order chi connectivity index (χ0) is 20.5. The minimum atomic E-state index is -0.139. The van der Waals surface area contributed by atoms with E-state index in [0.29, 0.717) is 37.7 Å². The van der Waals surface area contributed by atoms with Crippen molar-refractivity contribution in [1.29, 1.82) is 0 Å². The molecule has 2 aromatic heterocycles. The molecule has 0 atom stereocenters. The fraction of sp³-hybridized carbons (Fsp3) is 0.391. The van der Waals surface area contributed by atoms with Gasteiger partial charge in [-0.05, 0) is 49.6 Å². The summed E-state index contributed by atoms with van der Waals surface area (Å²) in [6, 6.07) is 9.11. The lowest BCUT2D eigenvalue weighted by atomic mass is 9.96. The van der Waals surface area contributed by atoms with Crippen LogP contribution >= 0.6 is 0 Å². The van der Waals surface area contributed by atoms with Gasteiger partial charge in [0.1, 0.15) is 17.1 Å². The lowest BCUT2D eigenvalue weighted by Gasteiger charge is -2.34. The number of benzene rings is 1. The van der Waals surface area contributed by atoms with Crippen molar-refractivity contribution in [3.8, 4) is 5.75 Å². The van der Waals surface area contributed by atoms with Gasteiger partial charge in [-0.2, -0.15) is 0 Å². The summed E-state index contributed by atoms with van der Waals surface area (Å²) in [6.45, 7) is 1.93. The van der Waals surface area contributed by atoms with Crippen LogP contribution in [0.4, 0.5) is 0 Å². The highest BCUT2D eigenvalue weighted by molar-refractivity contribution is 5.91. The van der Waals surface area contributed by atoms with Gasteiger partial charge in [-0.3, -0.25) is 9.59 Å². The molecule has 1 aliphatic carbocycles. The highest BCUT2D eigenvalue weighted by atomic mass is 16.5. The molecular weight excluding hydrogens is 384 g/mol. The first kappa shape index (κ1) is 18.8. The largest absolute Gasteiger partial charge is 0.484 e. The summed E-state index contributed by atoms with van der Waals surface area (Å²) in [5.74, 6) is 1.88. The topological polar surface area (TPSA) is 76.1 Å². The van der Waals surface area contributed by atoms with Crippen LogP contribution in [0.2, 0.25) is 0 Å². The third-order valence-electron chi connectivity index (χ3n) is 5.94. The number of rotatable bonds is 4. The number of carbonyl (C=O) groups excluding carboxylic acids is 2. The Labute approximate surface area is 174 Å². The zero-order valence-corrected chi connectivity index (χ0v) is 16.8. The average molecular weight is 408 g/mol. The number of carbonyl (C=O) groups is 2. The van der Waals surface area contributed by atoms with Gasteiger partial charge in [0.05, 0.1) is 6.26 Å². The van der Waals surface area contributed by atoms with Crippen LogP contribution in [0.25, 0.3) is 11.0 Å². The smallest absolute Gasteiger partial charge is 0.289 e. The van der Waals surface area contributed by atoms with Crippen molar-refractivity contribution in [3.05, 3.63) is 53.7 Å². The number of piperazine rings is 1. The van der Waals surface area contributed by atoms with Crippen molar-refractivity contribution < 1.29 is 23.2 Å². The predicted molar refractivity (Wildman–Crippen MR) is 110 cm³/mol. The first-order chi connectivity index (χ1) is 14.7. The third-order valence-corrected chi connectivity index (χ3v) is 5.94. The number of hydrogen-bond donors (Lipinski definition) is 0. The first-order valence-electron chi connectivity index (χ1n) is 10.5. The fourth-order valence-corrected chi connectivity index (χ4v) is 4.28. The van der Waals surface area contributed by atoms with Crippen molar-refractivity contribution >= 4 is 22.8 Å². The molecule has 2 amide bonds. The number of furan rings is 2. The molecule has 5 rings (SSSR count). The molecule has 0 saturated carbocycles. The number of nitrogens with zero attached hydrogens (tertiary/aromatic N) is 2. The minimum absolute atomic E-state index is 0.0162. The molecule has 1 saturated heterocycles. The Morgan fingerprint density at radius 2 is 1.80 bits per heavy atom. The summed E-state index contributed by atoms with van der Waals surface area (Å²) in [6.07, 6.45) is 5.87. The average Bonchev–Trinajstić information content (AvgIpc) is 3.45. The number of ether oxygens (including phenoxy) is 1. The minimum Gasteiger partial charge on any atom is -0.484 e. The summed E-state index contributed by atoms with van der Waals surface area (Å²) < 4.78 is 16.9. The Kier molecular flexibility index (Phi) is 4.94. The van der Waals surface area contributed by atoms with Crippen LogP contribution in [0.5, 0.6) is 5.75 Å². The Bertz CT molecular complexity index is 1060. The molecule has 0 bridgehead atoms. The maximum absolute atomic E-state index is 12.6. The van der Waals surface area contributed by atoms with Gasteiger partial charge in [0.25, 0.3) is 11.8 Å². The van der Waals surface area contributed by atoms with Crippen LogP contribution < -0.4 is 4.74 Å². The molecule has 3 heterocycles.